The minimum atomic E-state index is 0.192. The molecular formula is C19H20N2O3. The molecule has 124 valence electrons. The molecule has 24 heavy (non-hydrogen) atoms. The number of nitrogens with zero attached hydrogens (tertiary/aromatic N) is 2. The number of carbonyl (C=O) groups excluding carboxylic acids is 1. The summed E-state index contributed by atoms with van der Waals surface area (Å²) < 4.78 is 10.7. The Morgan fingerprint density at radius 3 is 2.88 bits per heavy atom. The van der Waals surface area contributed by atoms with Crippen LogP contribution in [0.5, 0.6) is 11.5 Å². The summed E-state index contributed by atoms with van der Waals surface area (Å²) in [4.78, 5) is 18.8. The Balaban J connectivity index is 1.40. The topological polar surface area (TPSA) is 51.7 Å². The van der Waals surface area contributed by atoms with Crippen LogP contribution in [0.3, 0.4) is 0 Å². The molecule has 5 heteroatoms. The first-order valence-corrected chi connectivity index (χ1v) is 8.39. The number of fused-ring (bicyclic) bond motifs is 1. The molecule has 2 aliphatic heterocycles. The fourth-order valence-electron chi connectivity index (χ4n) is 3.49. The Hall–Kier alpha value is -2.56. The van der Waals surface area contributed by atoms with Crippen molar-refractivity contribution < 1.29 is 14.3 Å². The average molecular weight is 324 g/mol. The van der Waals surface area contributed by atoms with Crippen LogP contribution < -0.4 is 9.47 Å². The zero-order chi connectivity index (χ0) is 16.4. The van der Waals surface area contributed by atoms with Gasteiger partial charge in [-0.2, -0.15) is 0 Å². The Kier molecular flexibility index (Phi) is 4.07. The van der Waals surface area contributed by atoms with Crippen LogP contribution in [-0.2, 0) is 11.2 Å². The third-order valence-corrected chi connectivity index (χ3v) is 4.73. The zero-order valence-electron chi connectivity index (χ0n) is 13.5. The number of rotatable bonds is 4. The van der Waals surface area contributed by atoms with Crippen molar-refractivity contribution >= 4 is 5.91 Å². The third-order valence-electron chi connectivity index (χ3n) is 4.73. The molecule has 2 aromatic rings. The second-order valence-electron chi connectivity index (χ2n) is 6.21. The molecule has 1 amide bonds. The molecule has 0 unspecified atom stereocenters. The first-order chi connectivity index (χ1) is 11.8. The van der Waals surface area contributed by atoms with E-state index in [0.29, 0.717) is 6.42 Å². The van der Waals surface area contributed by atoms with E-state index in [0.717, 1.165) is 42.9 Å². The monoisotopic (exact) mass is 324 g/mol. The molecule has 1 atom stereocenters. The van der Waals surface area contributed by atoms with Crippen molar-refractivity contribution in [2.75, 3.05) is 13.3 Å². The first-order valence-electron chi connectivity index (χ1n) is 8.39. The summed E-state index contributed by atoms with van der Waals surface area (Å²) in [6.07, 6.45) is 6.91. The number of amides is 1. The number of likely N-dealkylation sites (tertiary alicyclic amines) is 1. The number of ether oxygens (including phenoxy) is 2. The Bertz CT molecular complexity index is 733. The van der Waals surface area contributed by atoms with Crippen LogP contribution in [0.25, 0.3) is 0 Å². The molecule has 1 aromatic heterocycles. The van der Waals surface area contributed by atoms with Gasteiger partial charge in [0.05, 0.1) is 6.04 Å². The standard InChI is InChI=1S/C19H20N2O3/c22-19(6-4-14-3-5-17-18(12-14)24-13-23-17)21-11-1-2-16(21)15-7-9-20-10-8-15/h3,5,7-10,12,16H,1-2,4,6,11,13H2/t16-/m0/s1. The van der Waals surface area contributed by atoms with Gasteiger partial charge in [0.2, 0.25) is 12.7 Å². The summed E-state index contributed by atoms with van der Waals surface area (Å²) in [6, 6.07) is 10.1. The van der Waals surface area contributed by atoms with Gasteiger partial charge in [0, 0.05) is 25.4 Å². The summed E-state index contributed by atoms with van der Waals surface area (Å²) in [7, 11) is 0. The number of hydrogen-bond donors (Lipinski definition) is 0. The Morgan fingerprint density at radius 1 is 1.17 bits per heavy atom. The Morgan fingerprint density at radius 2 is 2.00 bits per heavy atom. The maximum absolute atomic E-state index is 12.7. The van der Waals surface area contributed by atoms with Gasteiger partial charge in [0.1, 0.15) is 0 Å². The van der Waals surface area contributed by atoms with E-state index in [1.807, 2.05) is 35.2 Å². The van der Waals surface area contributed by atoms with Crippen molar-refractivity contribution in [3.63, 3.8) is 0 Å². The molecule has 0 saturated carbocycles. The van der Waals surface area contributed by atoms with Crippen LogP contribution >= 0.6 is 0 Å². The fraction of sp³-hybridized carbons (Fsp3) is 0.368. The van der Waals surface area contributed by atoms with Crippen LogP contribution in [0.4, 0.5) is 0 Å². The molecule has 1 aromatic carbocycles. The van der Waals surface area contributed by atoms with E-state index in [1.54, 1.807) is 12.4 Å². The molecule has 2 aliphatic rings. The number of aromatic nitrogens is 1. The van der Waals surface area contributed by atoms with Gasteiger partial charge in [-0.3, -0.25) is 9.78 Å². The predicted octanol–water partition coefficient (Wildman–Crippen LogP) is 3.11. The number of aryl methyl sites for hydroxylation is 1. The molecule has 0 bridgehead atoms. The number of carbonyl (C=O) groups is 1. The molecule has 1 saturated heterocycles. The number of benzene rings is 1. The van der Waals surface area contributed by atoms with E-state index in [2.05, 4.69) is 4.98 Å². The van der Waals surface area contributed by atoms with E-state index >= 15 is 0 Å². The molecule has 5 nitrogen and oxygen atoms in total. The van der Waals surface area contributed by atoms with Crippen molar-refractivity contribution in [1.29, 1.82) is 0 Å². The highest BCUT2D eigenvalue weighted by Crippen LogP contribution is 2.34. The highest BCUT2D eigenvalue weighted by atomic mass is 16.7. The van der Waals surface area contributed by atoms with Gasteiger partial charge >= 0.3 is 0 Å². The largest absolute Gasteiger partial charge is 0.454 e. The van der Waals surface area contributed by atoms with E-state index in [1.165, 1.54) is 5.56 Å². The third kappa shape index (κ3) is 2.94. The zero-order valence-corrected chi connectivity index (χ0v) is 13.5. The van der Waals surface area contributed by atoms with Gasteiger partial charge in [-0.15, -0.1) is 0 Å². The molecule has 0 N–H and O–H groups in total. The van der Waals surface area contributed by atoms with Crippen LogP contribution in [0.1, 0.15) is 36.4 Å². The molecular weight excluding hydrogens is 304 g/mol. The predicted molar refractivity (Wildman–Crippen MR) is 88.8 cm³/mol. The van der Waals surface area contributed by atoms with Gasteiger partial charge in [0.15, 0.2) is 11.5 Å². The lowest BCUT2D eigenvalue weighted by atomic mass is 10.0. The van der Waals surface area contributed by atoms with Crippen molar-refractivity contribution in [3.8, 4) is 11.5 Å². The lowest BCUT2D eigenvalue weighted by molar-refractivity contribution is -0.132. The minimum absolute atomic E-state index is 0.192. The van der Waals surface area contributed by atoms with Crippen LogP contribution in [0, 0.1) is 0 Å². The molecule has 3 heterocycles. The van der Waals surface area contributed by atoms with Crippen LogP contribution in [0.15, 0.2) is 42.7 Å². The number of hydrogen-bond acceptors (Lipinski definition) is 4. The summed E-state index contributed by atoms with van der Waals surface area (Å²) >= 11 is 0. The summed E-state index contributed by atoms with van der Waals surface area (Å²) in [5, 5.41) is 0. The molecule has 0 radical (unpaired) electrons. The molecule has 4 rings (SSSR count). The van der Waals surface area contributed by atoms with E-state index in [9.17, 15) is 4.79 Å². The second-order valence-corrected chi connectivity index (χ2v) is 6.21. The smallest absolute Gasteiger partial charge is 0.231 e. The van der Waals surface area contributed by atoms with Gasteiger partial charge in [-0.1, -0.05) is 6.07 Å². The maximum Gasteiger partial charge on any atom is 0.231 e. The second kappa shape index (κ2) is 6.51. The van der Waals surface area contributed by atoms with Crippen LogP contribution in [0.2, 0.25) is 0 Å². The normalized spacial score (nSPS) is 18.8. The Labute approximate surface area is 141 Å². The molecule has 1 fully saturated rings. The van der Waals surface area contributed by atoms with Crippen molar-refractivity contribution in [3.05, 3.63) is 53.9 Å². The first kappa shape index (κ1) is 15.0. The molecule has 0 aliphatic carbocycles. The van der Waals surface area contributed by atoms with Crippen molar-refractivity contribution in [1.82, 2.24) is 9.88 Å². The summed E-state index contributed by atoms with van der Waals surface area (Å²) in [5.74, 6) is 1.77. The lowest BCUT2D eigenvalue weighted by Crippen LogP contribution is -2.30. The van der Waals surface area contributed by atoms with E-state index in [4.69, 9.17) is 9.47 Å². The summed E-state index contributed by atoms with van der Waals surface area (Å²) in [5.41, 5.74) is 2.28. The maximum atomic E-state index is 12.7. The minimum Gasteiger partial charge on any atom is -0.454 e. The molecule has 0 spiro atoms. The lowest BCUT2D eigenvalue weighted by Gasteiger charge is -2.25. The quantitative estimate of drug-likeness (QED) is 0.867. The van der Waals surface area contributed by atoms with Crippen LogP contribution in [-0.4, -0.2) is 29.1 Å². The number of pyridine rings is 1. The van der Waals surface area contributed by atoms with Gasteiger partial charge < -0.3 is 14.4 Å². The van der Waals surface area contributed by atoms with Gasteiger partial charge in [0.25, 0.3) is 0 Å². The summed E-state index contributed by atoms with van der Waals surface area (Å²) in [6.45, 7) is 1.12. The highest BCUT2D eigenvalue weighted by molar-refractivity contribution is 5.77. The average Bonchev–Trinajstić information content (AvgIpc) is 3.29. The fourth-order valence-corrected chi connectivity index (χ4v) is 3.49. The van der Waals surface area contributed by atoms with E-state index in [-0.39, 0.29) is 18.7 Å². The van der Waals surface area contributed by atoms with Crippen molar-refractivity contribution in [2.45, 2.75) is 31.7 Å². The SMILES string of the molecule is O=C(CCc1ccc2c(c1)OCO2)N1CCC[C@H]1c1ccncc1. The van der Waals surface area contributed by atoms with Gasteiger partial charge in [-0.25, -0.2) is 0 Å². The van der Waals surface area contributed by atoms with E-state index < -0.39 is 0 Å². The highest BCUT2D eigenvalue weighted by Gasteiger charge is 2.29. The van der Waals surface area contributed by atoms with Crippen molar-refractivity contribution in [2.24, 2.45) is 0 Å². The van der Waals surface area contributed by atoms with Gasteiger partial charge in [-0.05, 0) is 54.7 Å².